The van der Waals surface area contributed by atoms with Crippen molar-refractivity contribution < 1.29 is 14.3 Å². The molecule has 0 radical (unpaired) electrons. The number of benzene rings is 1. The number of cyclic esters (lactones) is 1. The third-order valence-electron chi connectivity index (χ3n) is 4.77. The molecule has 1 spiro atoms. The average molecular weight is 272 g/mol. The van der Waals surface area contributed by atoms with Crippen LogP contribution in [0.15, 0.2) is 30.3 Å². The van der Waals surface area contributed by atoms with Gasteiger partial charge < -0.3 is 4.74 Å². The molecule has 0 aromatic heterocycles. The third-order valence-corrected chi connectivity index (χ3v) is 4.77. The highest BCUT2D eigenvalue weighted by molar-refractivity contribution is 5.88. The first-order valence-corrected chi connectivity index (χ1v) is 7.43. The van der Waals surface area contributed by atoms with Gasteiger partial charge in [-0.3, -0.25) is 9.59 Å². The second-order valence-electron chi connectivity index (χ2n) is 6.06. The Balaban J connectivity index is 1.85. The number of hydrogen-bond acceptors (Lipinski definition) is 3. The fraction of sp³-hybridized carbons (Fsp3) is 0.529. The van der Waals surface area contributed by atoms with Crippen LogP contribution in [-0.2, 0) is 20.7 Å². The molecule has 0 amide bonds. The summed E-state index contributed by atoms with van der Waals surface area (Å²) in [4.78, 5) is 24.3. The van der Waals surface area contributed by atoms with E-state index in [-0.39, 0.29) is 17.7 Å². The van der Waals surface area contributed by atoms with E-state index in [0.29, 0.717) is 19.4 Å². The van der Waals surface area contributed by atoms with Crippen molar-refractivity contribution in [2.24, 2.45) is 11.3 Å². The molecule has 1 heterocycles. The second kappa shape index (κ2) is 5.39. The lowest BCUT2D eigenvalue weighted by Crippen LogP contribution is -2.35. The van der Waals surface area contributed by atoms with Gasteiger partial charge in [0, 0.05) is 18.8 Å². The normalized spacial score (nSPS) is 30.3. The monoisotopic (exact) mass is 272 g/mol. The van der Waals surface area contributed by atoms with Crippen LogP contribution in [0, 0.1) is 11.3 Å². The number of esters is 1. The van der Waals surface area contributed by atoms with Crippen molar-refractivity contribution in [3.8, 4) is 0 Å². The molecule has 2 fully saturated rings. The van der Waals surface area contributed by atoms with Gasteiger partial charge in [0.15, 0.2) is 0 Å². The minimum absolute atomic E-state index is 0.138. The Labute approximate surface area is 119 Å². The number of carbonyl (C=O) groups excluding carboxylic acids is 2. The van der Waals surface area contributed by atoms with Crippen molar-refractivity contribution in [3.05, 3.63) is 35.9 Å². The SMILES string of the molecule is O=C1CCCCC2(C1)C(=O)OCC2Cc1ccccc1. The third kappa shape index (κ3) is 2.37. The molecule has 3 nitrogen and oxygen atoms in total. The predicted octanol–water partition coefficient (Wildman–Crippen LogP) is 2.92. The summed E-state index contributed by atoms with van der Waals surface area (Å²) in [6.45, 7) is 0.459. The molecule has 3 heteroatoms. The highest BCUT2D eigenvalue weighted by Gasteiger charge is 2.53. The van der Waals surface area contributed by atoms with Crippen molar-refractivity contribution in [1.82, 2.24) is 0 Å². The molecule has 0 N–H and O–H groups in total. The maximum Gasteiger partial charge on any atom is 0.312 e. The minimum Gasteiger partial charge on any atom is -0.465 e. The van der Waals surface area contributed by atoms with Gasteiger partial charge in [-0.1, -0.05) is 36.8 Å². The number of ether oxygens (including phenoxy) is 1. The highest BCUT2D eigenvalue weighted by Crippen LogP contribution is 2.46. The number of hydrogen-bond donors (Lipinski definition) is 0. The van der Waals surface area contributed by atoms with Crippen molar-refractivity contribution in [2.45, 2.75) is 38.5 Å². The first-order chi connectivity index (χ1) is 9.71. The highest BCUT2D eigenvalue weighted by atomic mass is 16.5. The van der Waals surface area contributed by atoms with Gasteiger partial charge in [-0.25, -0.2) is 0 Å². The summed E-state index contributed by atoms with van der Waals surface area (Å²) in [6, 6.07) is 10.2. The van der Waals surface area contributed by atoms with Gasteiger partial charge in [0.1, 0.15) is 5.78 Å². The molecular weight excluding hydrogens is 252 g/mol. The molecule has 1 aromatic carbocycles. The zero-order valence-electron chi connectivity index (χ0n) is 11.6. The lowest BCUT2D eigenvalue weighted by molar-refractivity contribution is -0.149. The summed E-state index contributed by atoms with van der Waals surface area (Å²) in [5.41, 5.74) is 0.663. The summed E-state index contributed by atoms with van der Waals surface area (Å²) in [5, 5.41) is 0. The van der Waals surface area contributed by atoms with E-state index in [1.54, 1.807) is 0 Å². The Morgan fingerprint density at radius 1 is 1.15 bits per heavy atom. The first-order valence-electron chi connectivity index (χ1n) is 7.43. The molecule has 2 unspecified atom stereocenters. The van der Waals surface area contributed by atoms with Crippen LogP contribution < -0.4 is 0 Å². The Bertz CT molecular complexity index is 508. The van der Waals surface area contributed by atoms with Gasteiger partial charge in [0.25, 0.3) is 0 Å². The molecule has 3 rings (SSSR count). The molecule has 1 aliphatic carbocycles. The van der Waals surface area contributed by atoms with Crippen LogP contribution in [0.2, 0.25) is 0 Å². The van der Waals surface area contributed by atoms with Crippen LogP contribution in [0.25, 0.3) is 0 Å². The Hall–Kier alpha value is -1.64. The summed E-state index contributed by atoms with van der Waals surface area (Å²) in [7, 11) is 0. The number of carbonyl (C=O) groups is 2. The zero-order chi connectivity index (χ0) is 14.0. The summed E-state index contributed by atoms with van der Waals surface area (Å²) >= 11 is 0. The van der Waals surface area contributed by atoms with E-state index in [2.05, 4.69) is 12.1 Å². The smallest absolute Gasteiger partial charge is 0.312 e. The molecule has 1 saturated carbocycles. The second-order valence-corrected chi connectivity index (χ2v) is 6.06. The van der Waals surface area contributed by atoms with Crippen molar-refractivity contribution in [3.63, 3.8) is 0 Å². The fourth-order valence-corrected chi connectivity index (χ4v) is 3.61. The lowest BCUT2D eigenvalue weighted by Gasteiger charge is -2.29. The van der Waals surface area contributed by atoms with Crippen LogP contribution >= 0.6 is 0 Å². The quantitative estimate of drug-likeness (QED) is 0.777. The Morgan fingerprint density at radius 2 is 1.95 bits per heavy atom. The van der Waals surface area contributed by atoms with Crippen LogP contribution in [0.3, 0.4) is 0 Å². The summed E-state index contributed by atoms with van der Waals surface area (Å²) in [5.74, 6) is 0.215. The van der Waals surface area contributed by atoms with Crippen LogP contribution in [0.4, 0.5) is 0 Å². The molecule has 106 valence electrons. The van der Waals surface area contributed by atoms with Crippen molar-refractivity contribution in [1.29, 1.82) is 0 Å². The van der Waals surface area contributed by atoms with Crippen LogP contribution in [0.5, 0.6) is 0 Å². The summed E-state index contributed by atoms with van der Waals surface area (Å²) < 4.78 is 5.34. The zero-order valence-corrected chi connectivity index (χ0v) is 11.6. The average Bonchev–Trinajstić information content (AvgIpc) is 2.64. The minimum atomic E-state index is -0.552. The van der Waals surface area contributed by atoms with Gasteiger partial charge in [0.05, 0.1) is 12.0 Å². The van der Waals surface area contributed by atoms with Gasteiger partial charge >= 0.3 is 5.97 Å². The maximum absolute atomic E-state index is 12.3. The van der Waals surface area contributed by atoms with Crippen molar-refractivity contribution in [2.75, 3.05) is 6.61 Å². The van der Waals surface area contributed by atoms with E-state index in [1.807, 2.05) is 18.2 Å². The van der Waals surface area contributed by atoms with E-state index in [0.717, 1.165) is 25.7 Å². The van der Waals surface area contributed by atoms with Gasteiger partial charge in [-0.2, -0.15) is 0 Å². The standard InChI is InChI=1S/C17H20O3/c18-15-8-4-5-9-17(11-15)14(12-20-16(17)19)10-13-6-2-1-3-7-13/h1-3,6-7,14H,4-5,8-12H2. The van der Waals surface area contributed by atoms with E-state index in [1.165, 1.54) is 5.56 Å². The van der Waals surface area contributed by atoms with Gasteiger partial charge in [-0.05, 0) is 24.8 Å². The number of ketones is 1. The topological polar surface area (TPSA) is 43.4 Å². The predicted molar refractivity (Wildman–Crippen MR) is 75.1 cm³/mol. The Morgan fingerprint density at radius 3 is 2.75 bits per heavy atom. The van der Waals surface area contributed by atoms with Crippen LogP contribution in [0.1, 0.15) is 37.7 Å². The first kappa shape index (κ1) is 13.3. The van der Waals surface area contributed by atoms with Crippen molar-refractivity contribution >= 4 is 11.8 Å². The maximum atomic E-state index is 12.3. The van der Waals surface area contributed by atoms with E-state index in [9.17, 15) is 9.59 Å². The molecule has 1 saturated heterocycles. The lowest BCUT2D eigenvalue weighted by atomic mass is 9.69. The van der Waals surface area contributed by atoms with E-state index >= 15 is 0 Å². The molecule has 2 aliphatic rings. The van der Waals surface area contributed by atoms with Crippen LogP contribution in [-0.4, -0.2) is 18.4 Å². The molecule has 1 aromatic rings. The van der Waals surface area contributed by atoms with Gasteiger partial charge in [0.2, 0.25) is 0 Å². The molecule has 0 bridgehead atoms. The summed E-state index contributed by atoms with van der Waals surface area (Å²) in [6.07, 6.45) is 4.48. The van der Waals surface area contributed by atoms with Gasteiger partial charge in [-0.15, -0.1) is 0 Å². The largest absolute Gasteiger partial charge is 0.465 e. The molecular formula is C17H20O3. The molecule has 1 aliphatic heterocycles. The fourth-order valence-electron chi connectivity index (χ4n) is 3.61. The number of Topliss-reactive ketones (excluding diaryl/α,β-unsaturated/α-hetero) is 1. The molecule has 20 heavy (non-hydrogen) atoms. The van der Waals surface area contributed by atoms with E-state index < -0.39 is 5.41 Å². The molecule has 2 atom stereocenters. The Kier molecular flexibility index (Phi) is 3.60. The number of rotatable bonds is 2. The van der Waals surface area contributed by atoms with E-state index in [4.69, 9.17) is 4.74 Å².